The normalized spacial score (nSPS) is 19.0. The van der Waals surface area contributed by atoms with Gasteiger partial charge in [-0.3, -0.25) is 4.79 Å². The van der Waals surface area contributed by atoms with Crippen LogP contribution in [0.3, 0.4) is 0 Å². The topological polar surface area (TPSA) is 26.3 Å². The van der Waals surface area contributed by atoms with Crippen molar-refractivity contribution in [2.24, 2.45) is 0 Å². The lowest BCUT2D eigenvalue weighted by atomic mass is 9.63. The van der Waals surface area contributed by atoms with Gasteiger partial charge < -0.3 is 4.74 Å². The van der Waals surface area contributed by atoms with Crippen molar-refractivity contribution in [2.75, 3.05) is 6.61 Å². The third-order valence-corrected chi connectivity index (χ3v) is 4.65. The van der Waals surface area contributed by atoms with Crippen LogP contribution in [0.4, 0.5) is 0 Å². The molecule has 2 rings (SSSR count). The number of fused-ring (bicyclic) bond motifs is 1. The van der Waals surface area contributed by atoms with Gasteiger partial charge in [0.15, 0.2) is 5.78 Å². The summed E-state index contributed by atoms with van der Waals surface area (Å²) < 4.78 is 5.80. The predicted octanol–water partition coefficient (Wildman–Crippen LogP) is 4.83. The second-order valence-electron chi connectivity index (χ2n) is 7.47. The molecule has 115 valence electrons. The number of benzene rings is 1. The highest BCUT2D eigenvalue weighted by Crippen LogP contribution is 2.47. The zero-order chi connectivity index (χ0) is 15.8. The number of carbonyl (C=O) groups excluding carboxylic acids is 1. The van der Waals surface area contributed by atoms with Gasteiger partial charge in [-0.15, -0.1) is 0 Å². The number of hydrogen-bond acceptors (Lipinski definition) is 2. The molecule has 1 aromatic rings. The molecule has 0 atom stereocenters. The third kappa shape index (κ3) is 3.00. The van der Waals surface area contributed by atoms with E-state index in [1.807, 2.05) is 0 Å². The van der Waals surface area contributed by atoms with E-state index >= 15 is 0 Å². The first kappa shape index (κ1) is 16.1. The minimum Gasteiger partial charge on any atom is -0.492 e. The van der Waals surface area contributed by atoms with E-state index in [4.69, 9.17) is 4.74 Å². The molecule has 2 nitrogen and oxygen atoms in total. The molecule has 1 radical (unpaired) electrons. The van der Waals surface area contributed by atoms with Crippen LogP contribution in [-0.2, 0) is 10.8 Å². The molecule has 0 saturated carbocycles. The maximum Gasteiger partial charge on any atom is 0.163 e. The Morgan fingerprint density at radius 2 is 1.86 bits per heavy atom. The molecule has 0 heterocycles. The van der Waals surface area contributed by atoms with Gasteiger partial charge in [0.25, 0.3) is 0 Å². The molecule has 0 N–H and O–H groups in total. The average molecular weight is 287 g/mol. The van der Waals surface area contributed by atoms with Crippen molar-refractivity contribution in [3.05, 3.63) is 28.8 Å². The van der Waals surface area contributed by atoms with Gasteiger partial charge in [-0.25, -0.2) is 0 Å². The Kier molecular flexibility index (Phi) is 4.19. The lowest BCUT2D eigenvalue weighted by molar-refractivity contribution is 0.101. The fraction of sp³-hybridized carbons (Fsp3) is 0.632. The van der Waals surface area contributed by atoms with Crippen molar-refractivity contribution >= 4 is 5.78 Å². The highest BCUT2D eigenvalue weighted by Gasteiger charge is 2.38. The highest BCUT2D eigenvalue weighted by atomic mass is 16.5. The van der Waals surface area contributed by atoms with E-state index in [1.54, 1.807) is 6.92 Å². The van der Waals surface area contributed by atoms with E-state index in [0.717, 1.165) is 19.3 Å². The van der Waals surface area contributed by atoms with E-state index in [2.05, 4.69) is 46.8 Å². The minimum atomic E-state index is 0.0549. The maximum absolute atomic E-state index is 12.0. The Bertz CT molecular complexity index is 553. The van der Waals surface area contributed by atoms with E-state index in [0.29, 0.717) is 17.9 Å². The zero-order valence-electron chi connectivity index (χ0n) is 14.2. The van der Waals surface area contributed by atoms with Crippen molar-refractivity contribution in [2.45, 2.75) is 71.6 Å². The first-order valence-electron chi connectivity index (χ1n) is 7.94. The van der Waals surface area contributed by atoms with Crippen LogP contribution in [0.2, 0.25) is 0 Å². The van der Waals surface area contributed by atoms with Gasteiger partial charge >= 0.3 is 0 Å². The van der Waals surface area contributed by atoms with Crippen molar-refractivity contribution in [1.29, 1.82) is 0 Å². The number of ketones is 1. The number of rotatable bonds is 4. The lowest BCUT2D eigenvalue weighted by Crippen LogP contribution is -2.34. The molecule has 0 aromatic heterocycles. The van der Waals surface area contributed by atoms with Gasteiger partial charge in [0.1, 0.15) is 5.75 Å². The number of carbonyl (C=O) groups is 1. The Morgan fingerprint density at radius 1 is 1.24 bits per heavy atom. The average Bonchev–Trinajstić information content (AvgIpc) is 2.41. The standard InChI is InChI=1S/C19H27O2/c1-7-10-21-17-12-16-15(11-14(17)13(2)20)18(3,4)8-9-19(16,5)6/h11H,7-10H2,1-6H3. The molecular weight excluding hydrogens is 260 g/mol. The number of ether oxygens (including phenoxy) is 1. The second kappa shape index (κ2) is 5.47. The predicted molar refractivity (Wildman–Crippen MR) is 86.4 cm³/mol. The second-order valence-corrected chi connectivity index (χ2v) is 7.47. The molecular formula is C19H27O2. The Balaban J connectivity index is 2.63. The monoisotopic (exact) mass is 287 g/mol. The van der Waals surface area contributed by atoms with Crippen LogP contribution in [-0.4, -0.2) is 12.4 Å². The van der Waals surface area contributed by atoms with E-state index < -0.39 is 0 Å². The van der Waals surface area contributed by atoms with Crippen molar-refractivity contribution < 1.29 is 9.53 Å². The first-order valence-corrected chi connectivity index (χ1v) is 7.94. The summed E-state index contributed by atoms with van der Waals surface area (Å²) in [6.07, 6.45) is 3.20. The SMILES string of the molecule is CCCOc1[c]c2c(cc1C(C)=O)C(C)(C)CCC2(C)C. The lowest BCUT2D eigenvalue weighted by Gasteiger charge is -2.42. The summed E-state index contributed by atoms with van der Waals surface area (Å²) in [7, 11) is 0. The fourth-order valence-corrected chi connectivity index (χ4v) is 3.06. The molecule has 21 heavy (non-hydrogen) atoms. The molecule has 2 heteroatoms. The smallest absolute Gasteiger partial charge is 0.163 e. The third-order valence-electron chi connectivity index (χ3n) is 4.65. The quantitative estimate of drug-likeness (QED) is 0.742. The van der Waals surface area contributed by atoms with E-state index in [1.165, 1.54) is 11.1 Å². The minimum absolute atomic E-state index is 0.0549. The summed E-state index contributed by atoms with van der Waals surface area (Å²) in [6, 6.07) is 5.51. The van der Waals surface area contributed by atoms with Crippen LogP contribution in [0, 0.1) is 6.07 Å². The van der Waals surface area contributed by atoms with Gasteiger partial charge in [-0.2, -0.15) is 0 Å². The summed E-state index contributed by atoms with van der Waals surface area (Å²) in [5.41, 5.74) is 3.33. The van der Waals surface area contributed by atoms with Crippen molar-refractivity contribution in [3.8, 4) is 5.75 Å². The molecule has 1 aliphatic rings. The first-order chi connectivity index (χ1) is 9.69. The van der Waals surface area contributed by atoms with Crippen LogP contribution in [0.5, 0.6) is 5.75 Å². The number of hydrogen-bond donors (Lipinski definition) is 0. The van der Waals surface area contributed by atoms with Crippen molar-refractivity contribution in [1.82, 2.24) is 0 Å². The molecule has 0 unspecified atom stereocenters. The molecule has 0 aliphatic heterocycles. The van der Waals surface area contributed by atoms with Crippen LogP contribution in [0.15, 0.2) is 6.07 Å². The molecule has 0 amide bonds. The van der Waals surface area contributed by atoms with Crippen molar-refractivity contribution in [3.63, 3.8) is 0 Å². The number of Topliss-reactive ketones (excluding diaryl/α,β-unsaturated/α-hetero) is 1. The zero-order valence-corrected chi connectivity index (χ0v) is 14.2. The molecule has 0 saturated heterocycles. The summed E-state index contributed by atoms with van der Waals surface area (Å²) in [5, 5.41) is 0. The van der Waals surface area contributed by atoms with Crippen LogP contribution >= 0.6 is 0 Å². The van der Waals surface area contributed by atoms with Gasteiger partial charge in [0, 0.05) is 6.07 Å². The molecule has 1 aromatic carbocycles. The van der Waals surface area contributed by atoms with E-state index in [-0.39, 0.29) is 16.6 Å². The summed E-state index contributed by atoms with van der Waals surface area (Å²) in [6.45, 7) is 13.3. The van der Waals surface area contributed by atoms with Crippen LogP contribution < -0.4 is 4.74 Å². The maximum atomic E-state index is 12.0. The van der Waals surface area contributed by atoms with Crippen LogP contribution in [0.25, 0.3) is 0 Å². The highest BCUT2D eigenvalue weighted by molar-refractivity contribution is 5.97. The molecule has 0 bridgehead atoms. The fourth-order valence-electron chi connectivity index (χ4n) is 3.06. The van der Waals surface area contributed by atoms with Crippen LogP contribution in [0.1, 0.15) is 82.3 Å². The summed E-state index contributed by atoms with van der Waals surface area (Å²) in [4.78, 5) is 12.0. The molecule has 1 aliphatic carbocycles. The summed E-state index contributed by atoms with van der Waals surface area (Å²) in [5.74, 6) is 0.688. The summed E-state index contributed by atoms with van der Waals surface area (Å²) >= 11 is 0. The van der Waals surface area contributed by atoms with Gasteiger partial charge in [-0.05, 0) is 54.2 Å². The van der Waals surface area contributed by atoms with E-state index in [9.17, 15) is 4.79 Å². The largest absolute Gasteiger partial charge is 0.492 e. The van der Waals surface area contributed by atoms with Gasteiger partial charge in [0.05, 0.1) is 12.2 Å². The Morgan fingerprint density at radius 3 is 2.43 bits per heavy atom. The van der Waals surface area contributed by atoms with Gasteiger partial charge in [-0.1, -0.05) is 34.6 Å². The Labute approximate surface area is 128 Å². The molecule has 0 fully saturated rings. The van der Waals surface area contributed by atoms with Gasteiger partial charge in [0.2, 0.25) is 0 Å². The Hall–Kier alpha value is -1.31. The molecule has 0 spiro atoms.